The lowest BCUT2D eigenvalue weighted by molar-refractivity contribution is 0.0929. The molecule has 0 fully saturated rings. The van der Waals surface area contributed by atoms with Gasteiger partial charge in [0, 0.05) is 24.3 Å². The highest BCUT2D eigenvalue weighted by atomic mass is 16.2. The number of hydrogen-bond donors (Lipinski definition) is 1. The Kier molecular flexibility index (Phi) is 3.31. The fourth-order valence-corrected chi connectivity index (χ4v) is 1.98. The average molecular weight is 282 g/mol. The summed E-state index contributed by atoms with van der Waals surface area (Å²) >= 11 is 0. The summed E-state index contributed by atoms with van der Waals surface area (Å²) in [7, 11) is 0. The Morgan fingerprint density at radius 3 is 2.90 bits per heavy atom. The number of aromatic nitrogens is 5. The summed E-state index contributed by atoms with van der Waals surface area (Å²) in [6.07, 6.45) is 5.04. The predicted octanol–water partition coefficient (Wildman–Crippen LogP) is 1.32. The van der Waals surface area contributed by atoms with Gasteiger partial charge in [0.1, 0.15) is 0 Å². The summed E-state index contributed by atoms with van der Waals surface area (Å²) < 4.78 is 1.55. The van der Waals surface area contributed by atoms with Crippen molar-refractivity contribution in [1.29, 1.82) is 0 Å². The number of aryl methyl sites for hydroxylation is 1. The van der Waals surface area contributed by atoms with Crippen molar-refractivity contribution in [1.82, 2.24) is 29.9 Å². The fraction of sp³-hybridized carbons (Fsp3) is 0.214. The molecule has 1 amide bonds. The summed E-state index contributed by atoms with van der Waals surface area (Å²) in [5, 5.41) is 7.02. The van der Waals surface area contributed by atoms with Crippen LogP contribution < -0.4 is 5.32 Å². The average Bonchev–Trinajstić information content (AvgIpc) is 2.94. The zero-order chi connectivity index (χ0) is 14.8. The third-order valence-corrected chi connectivity index (χ3v) is 3.17. The number of nitrogens with one attached hydrogen (secondary N) is 1. The molecule has 1 N–H and O–H groups in total. The lowest BCUT2D eigenvalue weighted by Crippen LogP contribution is -2.27. The number of pyridine rings is 1. The van der Waals surface area contributed by atoms with Gasteiger partial charge in [0.25, 0.3) is 11.7 Å². The van der Waals surface area contributed by atoms with Crippen LogP contribution in [0.1, 0.15) is 34.8 Å². The highest BCUT2D eigenvalue weighted by Gasteiger charge is 2.17. The first-order chi connectivity index (χ1) is 10.1. The van der Waals surface area contributed by atoms with Gasteiger partial charge in [0.15, 0.2) is 0 Å². The van der Waals surface area contributed by atoms with Gasteiger partial charge in [-0.3, -0.25) is 9.78 Å². The normalized spacial score (nSPS) is 12.3. The third kappa shape index (κ3) is 2.58. The Balaban J connectivity index is 1.82. The molecule has 0 spiro atoms. The SMILES string of the molecule is Cc1ccnc2nc(C(=O)NC(C)c3cccnc3)nn12. The van der Waals surface area contributed by atoms with Crippen molar-refractivity contribution in [2.24, 2.45) is 0 Å². The van der Waals surface area contributed by atoms with E-state index in [-0.39, 0.29) is 17.8 Å². The molecule has 0 radical (unpaired) electrons. The van der Waals surface area contributed by atoms with Crippen LogP contribution in [-0.2, 0) is 0 Å². The molecule has 0 saturated heterocycles. The Hall–Kier alpha value is -2.83. The van der Waals surface area contributed by atoms with Gasteiger partial charge in [-0.2, -0.15) is 4.98 Å². The summed E-state index contributed by atoms with van der Waals surface area (Å²) in [6.45, 7) is 3.76. The number of carbonyl (C=O) groups excluding carboxylic acids is 1. The van der Waals surface area contributed by atoms with E-state index in [2.05, 4.69) is 25.4 Å². The molecule has 0 aliphatic rings. The van der Waals surface area contributed by atoms with Gasteiger partial charge in [-0.05, 0) is 31.5 Å². The third-order valence-electron chi connectivity index (χ3n) is 3.17. The molecular weight excluding hydrogens is 268 g/mol. The van der Waals surface area contributed by atoms with E-state index in [0.717, 1.165) is 11.3 Å². The van der Waals surface area contributed by atoms with Gasteiger partial charge in [-0.1, -0.05) is 6.07 Å². The molecule has 0 bridgehead atoms. The minimum Gasteiger partial charge on any atom is -0.343 e. The standard InChI is InChI=1S/C14H14N6O/c1-9-5-7-16-14-18-12(19-20(9)14)13(21)17-10(2)11-4-3-6-15-8-11/h3-8,10H,1-2H3,(H,17,21). The number of carbonyl (C=O) groups is 1. The minimum atomic E-state index is -0.337. The van der Waals surface area contributed by atoms with Gasteiger partial charge >= 0.3 is 0 Å². The van der Waals surface area contributed by atoms with Crippen molar-refractivity contribution >= 4 is 11.7 Å². The molecule has 0 saturated carbocycles. The van der Waals surface area contributed by atoms with Gasteiger partial charge in [0.2, 0.25) is 5.82 Å². The summed E-state index contributed by atoms with van der Waals surface area (Å²) in [6, 6.07) is 5.36. The van der Waals surface area contributed by atoms with Crippen LogP contribution >= 0.6 is 0 Å². The second kappa shape index (κ2) is 5.28. The Morgan fingerprint density at radius 2 is 2.19 bits per heavy atom. The van der Waals surface area contributed by atoms with E-state index in [0.29, 0.717) is 5.78 Å². The molecule has 3 heterocycles. The van der Waals surface area contributed by atoms with Crippen LogP contribution in [0.5, 0.6) is 0 Å². The lowest BCUT2D eigenvalue weighted by atomic mass is 10.1. The zero-order valence-corrected chi connectivity index (χ0v) is 11.7. The highest BCUT2D eigenvalue weighted by Crippen LogP contribution is 2.10. The first-order valence-corrected chi connectivity index (χ1v) is 6.54. The number of hydrogen-bond acceptors (Lipinski definition) is 5. The van der Waals surface area contributed by atoms with Crippen LogP contribution in [0.15, 0.2) is 36.8 Å². The smallest absolute Gasteiger partial charge is 0.291 e. The Morgan fingerprint density at radius 1 is 1.33 bits per heavy atom. The quantitative estimate of drug-likeness (QED) is 0.783. The molecule has 0 aromatic carbocycles. The van der Waals surface area contributed by atoms with Crippen LogP contribution in [0, 0.1) is 6.92 Å². The molecule has 0 aliphatic heterocycles. The van der Waals surface area contributed by atoms with Crippen molar-refractivity contribution in [3.8, 4) is 0 Å². The highest BCUT2D eigenvalue weighted by molar-refractivity contribution is 5.91. The number of nitrogens with zero attached hydrogens (tertiary/aromatic N) is 5. The topological polar surface area (TPSA) is 85.1 Å². The minimum absolute atomic E-state index is 0.104. The second-order valence-corrected chi connectivity index (χ2v) is 4.71. The lowest BCUT2D eigenvalue weighted by Gasteiger charge is -2.11. The number of fused-ring (bicyclic) bond motifs is 1. The van der Waals surface area contributed by atoms with Crippen LogP contribution in [0.4, 0.5) is 0 Å². The molecular formula is C14H14N6O. The molecule has 3 rings (SSSR count). The molecule has 3 aromatic rings. The maximum absolute atomic E-state index is 12.2. The van der Waals surface area contributed by atoms with E-state index >= 15 is 0 Å². The molecule has 106 valence electrons. The monoisotopic (exact) mass is 282 g/mol. The van der Waals surface area contributed by atoms with Crippen LogP contribution in [0.25, 0.3) is 5.78 Å². The predicted molar refractivity (Wildman–Crippen MR) is 75.6 cm³/mol. The van der Waals surface area contributed by atoms with Crippen molar-refractivity contribution in [2.75, 3.05) is 0 Å². The molecule has 7 heteroatoms. The van der Waals surface area contributed by atoms with E-state index < -0.39 is 0 Å². The molecule has 1 unspecified atom stereocenters. The molecule has 3 aromatic heterocycles. The summed E-state index contributed by atoms with van der Waals surface area (Å²) in [4.78, 5) is 24.5. The Bertz CT molecular complexity index is 783. The molecule has 0 aliphatic carbocycles. The van der Waals surface area contributed by atoms with Gasteiger partial charge in [-0.15, -0.1) is 5.10 Å². The fourth-order valence-electron chi connectivity index (χ4n) is 1.98. The zero-order valence-electron chi connectivity index (χ0n) is 11.7. The maximum Gasteiger partial charge on any atom is 0.291 e. The van der Waals surface area contributed by atoms with Crippen LogP contribution in [0.2, 0.25) is 0 Å². The van der Waals surface area contributed by atoms with E-state index in [4.69, 9.17) is 0 Å². The Labute approximate surface area is 121 Å². The van der Waals surface area contributed by atoms with E-state index in [1.54, 1.807) is 23.1 Å². The summed E-state index contributed by atoms with van der Waals surface area (Å²) in [5.41, 5.74) is 1.79. The van der Waals surface area contributed by atoms with Gasteiger partial charge < -0.3 is 5.32 Å². The van der Waals surface area contributed by atoms with Crippen molar-refractivity contribution < 1.29 is 4.79 Å². The van der Waals surface area contributed by atoms with Gasteiger partial charge in [-0.25, -0.2) is 9.50 Å². The van der Waals surface area contributed by atoms with E-state index in [9.17, 15) is 4.79 Å². The van der Waals surface area contributed by atoms with Crippen LogP contribution in [0.3, 0.4) is 0 Å². The van der Waals surface area contributed by atoms with Crippen molar-refractivity contribution in [3.63, 3.8) is 0 Å². The molecule has 1 atom stereocenters. The first kappa shape index (κ1) is 13.2. The van der Waals surface area contributed by atoms with E-state index in [1.165, 1.54) is 0 Å². The largest absolute Gasteiger partial charge is 0.343 e. The van der Waals surface area contributed by atoms with Gasteiger partial charge in [0.05, 0.1) is 6.04 Å². The first-order valence-electron chi connectivity index (χ1n) is 6.54. The number of amides is 1. The summed E-state index contributed by atoms with van der Waals surface area (Å²) in [5.74, 6) is 0.179. The number of rotatable bonds is 3. The molecule has 7 nitrogen and oxygen atoms in total. The van der Waals surface area contributed by atoms with Crippen molar-refractivity contribution in [3.05, 3.63) is 53.9 Å². The molecule has 21 heavy (non-hydrogen) atoms. The van der Waals surface area contributed by atoms with E-state index in [1.807, 2.05) is 32.0 Å². The van der Waals surface area contributed by atoms with Crippen molar-refractivity contribution in [2.45, 2.75) is 19.9 Å². The maximum atomic E-state index is 12.2. The second-order valence-electron chi connectivity index (χ2n) is 4.71. The van der Waals surface area contributed by atoms with Crippen LogP contribution in [-0.4, -0.2) is 30.5 Å².